The first kappa shape index (κ1) is 23.5. The monoisotopic (exact) mass is 452 g/mol. The fraction of sp³-hybridized carbons (Fsp3) is 0.826. The molecule has 1 saturated carbocycles. The number of ether oxygens (including phenoxy) is 4. The minimum absolute atomic E-state index is 0.00507. The van der Waals surface area contributed by atoms with Gasteiger partial charge in [-0.05, 0) is 40.0 Å². The Morgan fingerprint density at radius 1 is 1.22 bits per heavy atom. The Morgan fingerprint density at radius 3 is 2.47 bits per heavy atom. The maximum Gasteiger partial charge on any atom is 0.410 e. The number of carbonyl (C=O) groups is 2. The van der Waals surface area contributed by atoms with Crippen molar-refractivity contribution in [1.29, 1.82) is 0 Å². The molecule has 0 aromatic heterocycles. The standard InChI is InChI=1S/C23H36N2O7/c1-15(2)5-6-17-22(3,32-17)20-19(29-4)16(7-8-23(20)14-30-23)31-21(28)25-11-9-24(10-12-25)13-18(26)27/h5,16-17,19-20H,6-14H2,1-4H3,(H,26,27)/t16-,17-,19-,20-,22+,23+/m1/s1. The van der Waals surface area contributed by atoms with Crippen molar-refractivity contribution in [2.75, 3.05) is 46.4 Å². The van der Waals surface area contributed by atoms with Crippen LogP contribution in [0.25, 0.3) is 0 Å². The van der Waals surface area contributed by atoms with Crippen LogP contribution in [-0.4, -0.2) is 103 Å². The van der Waals surface area contributed by atoms with Gasteiger partial charge in [-0.1, -0.05) is 11.6 Å². The Labute approximate surface area is 189 Å². The third-order valence-electron chi connectivity index (χ3n) is 7.48. The predicted molar refractivity (Wildman–Crippen MR) is 115 cm³/mol. The van der Waals surface area contributed by atoms with Gasteiger partial charge in [0.25, 0.3) is 0 Å². The number of hydrogen-bond donors (Lipinski definition) is 1. The third kappa shape index (κ3) is 4.66. The van der Waals surface area contributed by atoms with E-state index in [-0.39, 0.29) is 48.1 Å². The van der Waals surface area contributed by atoms with Gasteiger partial charge in [0.15, 0.2) is 0 Å². The zero-order valence-corrected chi connectivity index (χ0v) is 19.5. The minimum atomic E-state index is -0.855. The van der Waals surface area contributed by atoms with Gasteiger partial charge in [-0.15, -0.1) is 0 Å². The molecule has 1 aliphatic carbocycles. The lowest BCUT2D eigenvalue weighted by Gasteiger charge is -2.43. The summed E-state index contributed by atoms with van der Waals surface area (Å²) in [7, 11) is 1.67. The van der Waals surface area contributed by atoms with E-state index < -0.39 is 5.97 Å². The summed E-state index contributed by atoms with van der Waals surface area (Å²) in [5, 5.41) is 8.95. The zero-order valence-electron chi connectivity index (χ0n) is 19.5. The van der Waals surface area contributed by atoms with E-state index in [1.165, 1.54) is 5.57 Å². The smallest absolute Gasteiger partial charge is 0.410 e. The first-order valence-electron chi connectivity index (χ1n) is 11.6. The molecule has 0 aromatic carbocycles. The van der Waals surface area contributed by atoms with Crippen LogP contribution in [0.5, 0.6) is 0 Å². The summed E-state index contributed by atoms with van der Waals surface area (Å²) in [5.74, 6) is -0.860. The molecule has 6 atom stereocenters. The molecule has 32 heavy (non-hydrogen) atoms. The van der Waals surface area contributed by atoms with Crippen LogP contribution in [0.15, 0.2) is 11.6 Å². The number of aliphatic carboxylic acids is 1. The zero-order chi connectivity index (χ0) is 23.1. The van der Waals surface area contributed by atoms with Gasteiger partial charge in [-0.25, -0.2) is 4.79 Å². The summed E-state index contributed by atoms with van der Waals surface area (Å²) in [6.07, 6.45) is 3.64. The van der Waals surface area contributed by atoms with E-state index in [9.17, 15) is 9.59 Å². The molecule has 1 amide bonds. The van der Waals surface area contributed by atoms with Gasteiger partial charge in [0.05, 0.1) is 25.2 Å². The van der Waals surface area contributed by atoms with E-state index in [1.807, 2.05) is 4.90 Å². The van der Waals surface area contributed by atoms with Gasteiger partial charge >= 0.3 is 12.1 Å². The Kier molecular flexibility index (Phi) is 6.55. The summed E-state index contributed by atoms with van der Waals surface area (Å²) in [5.41, 5.74) is 0.652. The molecule has 9 heteroatoms. The van der Waals surface area contributed by atoms with Gasteiger partial charge in [0, 0.05) is 33.3 Å². The average Bonchev–Trinajstić information content (AvgIpc) is 3.65. The third-order valence-corrected chi connectivity index (χ3v) is 7.48. The Hall–Kier alpha value is -1.68. The predicted octanol–water partition coefficient (Wildman–Crippen LogP) is 1.90. The molecule has 0 aromatic rings. The quantitative estimate of drug-likeness (QED) is 0.461. The van der Waals surface area contributed by atoms with E-state index in [4.69, 9.17) is 24.1 Å². The van der Waals surface area contributed by atoms with Crippen LogP contribution in [0.1, 0.15) is 40.0 Å². The van der Waals surface area contributed by atoms with Crippen LogP contribution in [0.2, 0.25) is 0 Å². The maximum atomic E-state index is 12.9. The van der Waals surface area contributed by atoms with E-state index in [1.54, 1.807) is 12.0 Å². The number of piperazine rings is 1. The molecule has 1 N–H and O–H groups in total. The Bertz CT molecular complexity index is 755. The van der Waals surface area contributed by atoms with Crippen LogP contribution in [0.3, 0.4) is 0 Å². The van der Waals surface area contributed by atoms with Crippen molar-refractivity contribution in [1.82, 2.24) is 9.80 Å². The summed E-state index contributed by atoms with van der Waals surface area (Å²) in [6.45, 7) is 8.95. The number of rotatable bonds is 7. The second-order valence-corrected chi connectivity index (χ2v) is 9.96. The highest BCUT2D eigenvalue weighted by Gasteiger charge is 2.72. The molecule has 180 valence electrons. The number of carbonyl (C=O) groups excluding carboxylic acids is 1. The molecule has 0 unspecified atom stereocenters. The molecular formula is C23H36N2O7. The fourth-order valence-electron chi connectivity index (χ4n) is 5.55. The van der Waals surface area contributed by atoms with Crippen LogP contribution >= 0.6 is 0 Å². The molecule has 0 radical (unpaired) electrons. The summed E-state index contributed by atoms with van der Waals surface area (Å²) >= 11 is 0. The second kappa shape index (κ2) is 8.93. The van der Waals surface area contributed by atoms with E-state index in [0.717, 1.165) is 12.8 Å². The van der Waals surface area contributed by atoms with Crippen molar-refractivity contribution < 1.29 is 33.6 Å². The molecule has 4 rings (SSSR count). The Morgan fingerprint density at radius 2 is 1.91 bits per heavy atom. The first-order chi connectivity index (χ1) is 15.2. The fourth-order valence-corrected chi connectivity index (χ4v) is 5.55. The highest BCUT2D eigenvalue weighted by molar-refractivity contribution is 5.69. The molecule has 3 heterocycles. The van der Waals surface area contributed by atoms with Crippen molar-refractivity contribution in [3.8, 4) is 0 Å². The summed E-state index contributed by atoms with van der Waals surface area (Å²) in [6, 6.07) is 0. The largest absolute Gasteiger partial charge is 0.480 e. The van der Waals surface area contributed by atoms with Crippen molar-refractivity contribution in [2.45, 2.75) is 69.5 Å². The molecule has 4 fully saturated rings. The number of allylic oxidation sites excluding steroid dienone is 1. The van der Waals surface area contributed by atoms with Crippen molar-refractivity contribution in [3.63, 3.8) is 0 Å². The van der Waals surface area contributed by atoms with Gasteiger partial charge in [-0.3, -0.25) is 9.69 Å². The lowest BCUT2D eigenvalue weighted by atomic mass is 9.68. The van der Waals surface area contributed by atoms with E-state index in [0.29, 0.717) is 39.2 Å². The first-order valence-corrected chi connectivity index (χ1v) is 11.6. The van der Waals surface area contributed by atoms with Crippen molar-refractivity contribution in [3.05, 3.63) is 11.6 Å². The van der Waals surface area contributed by atoms with Gasteiger partial charge < -0.3 is 29.0 Å². The highest BCUT2D eigenvalue weighted by atomic mass is 16.6. The summed E-state index contributed by atoms with van der Waals surface area (Å²) in [4.78, 5) is 27.3. The van der Waals surface area contributed by atoms with Gasteiger partial charge in [0.1, 0.15) is 23.4 Å². The number of amides is 1. The maximum absolute atomic E-state index is 12.9. The average molecular weight is 453 g/mol. The molecular weight excluding hydrogens is 416 g/mol. The van der Waals surface area contributed by atoms with Crippen LogP contribution in [0, 0.1) is 5.92 Å². The Balaban J connectivity index is 1.39. The number of epoxide rings is 2. The highest BCUT2D eigenvalue weighted by Crippen LogP contribution is 2.59. The lowest BCUT2D eigenvalue weighted by molar-refractivity contribution is -0.138. The van der Waals surface area contributed by atoms with Crippen molar-refractivity contribution in [2.24, 2.45) is 5.92 Å². The van der Waals surface area contributed by atoms with Crippen LogP contribution in [-0.2, 0) is 23.7 Å². The van der Waals surface area contributed by atoms with Crippen LogP contribution < -0.4 is 0 Å². The topological polar surface area (TPSA) is 104 Å². The van der Waals surface area contributed by atoms with Crippen LogP contribution in [0.4, 0.5) is 4.79 Å². The lowest BCUT2D eigenvalue weighted by Crippen LogP contribution is -2.57. The molecule has 4 aliphatic rings. The second-order valence-electron chi connectivity index (χ2n) is 9.96. The van der Waals surface area contributed by atoms with Gasteiger partial charge in [-0.2, -0.15) is 0 Å². The molecule has 3 aliphatic heterocycles. The molecule has 9 nitrogen and oxygen atoms in total. The number of carboxylic acids is 1. The number of hydrogen-bond acceptors (Lipinski definition) is 7. The van der Waals surface area contributed by atoms with E-state index in [2.05, 4.69) is 26.8 Å². The molecule has 0 bridgehead atoms. The minimum Gasteiger partial charge on any atom is -0.480 e. The molecule has 3 saturated heterocycles. The number of methoxy groups -OCH3 is 1. The van der Waals surface area contributed by atoms with Gasteiger partial charge in [0.2, 0.25) is 0 Å². The molecule has 1 spiro atoms. The number of carboxylic acid groups (broad SMARTS) is 1. The number of nitrogens with zero attached hydrogens (tertiary/aromatic N) is 2. The van der Waals surface area contributed by atoms with Crippen molar-refractivity contribution >= 4 is 12.1 Å². The normalized spacial score (nSPS) is 38.9. The van der Waals surface area contributed by atoms with E-state index >= 15 is 0 Å². The summed E-state index contributed by atoms with van der Waals surface area (Å²) < 4.78 is 24.1. The SMILES string of the molecule is CO[C@@H]1[C@H](OC(=O)N2CCN(CC(=O)O)CC2)CC[C@]2(CO2)[C@H]1[C@@]1(C)O[C@@H]1CC=C(C)C.